The van der Waals surface area contributed by atoms with Crippen molar-refractivity contribution in [2.75, 3.05) is 5.32 Å². The third kappa shape index (κ3) is 3.60. The van der Waals surface area contributed by atoms with Crippen LogP contribution in [-0.2, 0) is 0 Å². The van der Waals surface area contributed by atoms with Crippen LogP contribution < -0.4 is 5.32 Å². The van der Waals surface area contributed by atoms with Gasteiger partial charge in [-0.3, -0.25) is 4.40 Å². The van der Waals surface area contributed by atoms with Crippen LogP contribution in [0.3, 0.4) is 0 Å². The summed E-state index contributed by atoms with van der Waals surface area (Å²) >= 11 is 0. The maximum absolute atomic E-state index is 4.88. The number of nitrogens with zero attached hydrogens (tertiary/aromatic N) is 4. The number of nitrogens with one attached hydrogen (secondary N) is 1. The number of imidazole rings is 1. The van der Waals surface area contributed by atoms with Gasteiger partial charge in [0.1, 0.15) is 5.65 Å². The lowest BCUT2D eigenvalue weighted by Crippen LogP contribution is -2.23. The van der Waals surface area contributed by atoms with Crippen LogP contribution in [0.1, 0.15) is 37.7 Å². The molecule has 29 heavy (non-hydrogen) atoms. The first kappa shape index (κ1) is 17.9. The maximum atomic E-state index is 4.88. The van der Waals surface area contributed by atoms with Crippen molar-refractivity contribution in [2.45, 2.75) is 45.1 Å². The predicted molar refractivity (Wildman–Crippen MR) is 117 cm³/mol. The second-order valence-electron chi connectivity index (χ2n) is 7.86. The van der Waals surface area contributed by atoms with Gasteiger partial charge in [0.25, 0.3) is 0 Å². The van der Waals surface area contributed by atoms with Gasteiger partial charge in [0.05, 0.1) is 17.6 Å². The summed E-state index contributed by atoms with van der Waals surface area (Å²) in [4.78, 5) is 14.0. The van der Waals surface area contributed by atoms with Crippen LogP contribution in [0.4, 0.5) is 5.95 Å². The molecule has 4 aromatic rings. The van der Waals surface area contributed by atoms with Gasteiger partial charge in [-0.25, -0.2) is 15.0 Å². The second kappa shape index (κ2) is 7.66. The molecule has 3 heterocycles. The average Bonchev–Trinajstić information content (AvgIpc) is 3.19. The molecule has 0 unspecified atom stereocenters. The van der Waals surface area contributed by atoms with E-state index in [-0.39, 0.29) is 0 Å². The molecule has 1 aromatic carbocycles. The van der Waals surface area contributed by atoms with Gasteiger partial charge in [-0.05, 0) is 48.6 Å². The first-order chi connectivity index (χ1) is 14.3. The van der Waals surface area contributed by atoms with Crippen LogP contribution in [-0.4, -0.2) is 25.4 Å². The molecular weight excluding hydrogens is 358 g/mol. The van der Waals surface area contributed by atoms with E-state index in [1.54, 1.807) is 0 Å². The van der Waals surface area contributed by atoms with Gasteiger partial charge in [0.15, 0.2) is 0 Å². The number of hydrogen-bond donors (Lipinski definition) is 1. The monoisotopic (exact) mass is 383 g/mol. The lowest BCUT2D eigenvalue weighted by atomic mass is 9.96. The van der Waals surface area contributed by atoms with Crippen LogP contribution in [0.2, 0.25) is 0 Å². The largest absolute Gasteiger partial charge is 0.351 e. The molecule has 0 saturated heterocycles. The number of fused-ring (bicyclic) bond motifs is 1. The van der Waals surface area contributed by atoms with E-state index in [1.807, 2.05) is 18.5 Å². The molecule has 1 N–H and O–H groups in total. The molecule has 5 heteroatoms. The third-order valence-corrected chi connectivity index (χ3v) is 5.77. The number of aromatic nitrogens is 4. The smallest absolute Gasteiger partial charge is 0.223 e. The van der Waals surface area contributed by atoms with Crippen molar-refractivity contribution in [1.29, 1.82) is 0 Å². The van der Waals surface area contributed by atoms with E-state index in [9.17, 15) is 0 Å². The summed E-state index contributed by atoms with van der Waals surface area (Å²) in [6, 6.07) is 15.1. The van der Waals surface area contributed by atoms with Crippen molar-refractivity contribution < 1.29 is 0 Å². The van der Waals surface area contributed by atoms with E-state index in [4.69, 9.17) is 4.98 Å². The summed E-state index contributed by atoms with van der Waals surface area (Å²) in [7, 11) is 0. The Balaban J connectivity index is 1.53. The van der Waals surface area contributed by atoms with Gasteiger partial charge in [0.2, 0.25) is 5.95 Å². The highest BCUT2D eigenvalue weighted by Crippen LogP contribution is 2.27. The van der Waals surface area contributed by atoms with Crippen molar-refractivity contribution in [3.63, 3.8) is 0 Å². The Labute approximate surface area is 170 Å². The number of pyridine rings is 1. The summed E-state index contributed by atoms with van der Waals surface area (Å²) in [6.07, 6.45) is 12.3. The van der Waals surface area contributed by atoms with Crippen molar-refractivity contribution in [3.8, 4) is 22.5 Å². The molecule has 1 saturated carbocycles. The summed E-state index contributed by atoms with van der Waals surface area (Å²) in [5, 5.41) is 3.54. The highest BCUT2D eigenvalue weighted by atomic mass is 15.1. The van der Waals surface area contributed by atoms with Crippen molar-refractivity contribution in [2.24, 2.45) is 0 Å². The highest BCUT2D eigenvalue weighted by Gasteiger charge is 2.16. The van der Waals surface area contributed by atoms with Crippen LogP contribution in [0.15, 0.2) is 61.1 Å². The lowest BCUT2D eigenvalue weighted by Gasteiger charge is -2.23. The van der Waals surface area contributed by atoms with Gasteiger partial charge >= 0.3 is 0 Å². The van der Waals surface area contributed by atoms with Gasteiger partial charge in [0, 0.05) is 18.4 Å². The lowest BCUT2D eigenvalue weighted by molar-refractivity contribution is 0.461. The number of benzene rings is 1. The number of anilines is 1. The van der Waals surface area contributed by atoms with Gasteiger partial charge in [-0.1, -0.05) is 49.6 Å². The molecule has 5 nitrogen and oxygen atoms in total. The van der Waals surface area contributed by atoms with E-state index in [1.165, 1.54) is 37.7 Å². The molecule has 0 bridgehead atoms. The van der Waals surface area contributed by atoms with Crippen LogP contribution >= 0.6 is 0 Å². The maximum Gasteiger partial charge on any atom is 0.223 e. The van der Waals surface area contributed by atoms with E-state index in [0.717, 1.165) is 28.2 Å². The van der Waals surface area contributed by atoms with Crippen molar-refractivity contribution >= 4 is 11.6 Å². The Hall–Kier alpha value is -3.21. The Morgan fingerprint density at radius 1 is 0.897 bits per heavy atom. The minimum atomic E-state index is 0.478. The molecule has 5 rings (SSSR count). The zero-order valence-electron chi connectivity index (χ0n) is 16.7. The molecule has 146 valence electrons. The Morgan fingerprint density at radius 2 is 1.72 bits per heavy atom. The first-order valence-corrected chi connectivity index (χ1v) is 10.4. The highest BCUT2D eigenvalue weighted by molar-refractivity contribution is 5.69. The Bertz CT molecular complexity index is 1130. The Morgan fingerprint density at radius 3 is 2.55 bits per heavy atom. The molecule has 0 amide bonds. The topological polar surface area (TPSA) is 55.1 Å². The van der Waals surface area contributed by atoms with E-state index >= 15 is 0 Å². The molecule has 3 aromatic heterocycles. The molecule has 1 aliphatic rings. The zero-order chi connectivity index (χ0) is 19.6. The minimum absolute atomic E-state index is 0.478. The summed E-state index contributed by atoms with van der Waals surface area (Å²) < 4.78 is 2.13. The van der Waals surface area contributed by atoms with E-state index < -0.39 is 0 Å². The fourth-order valence-corrected chi connectivity index (χ4v) is 4.16. The zero-order valence-corrected chi connectivity index (χ0v) is 16.7. The molecule has 0 atom stereocenters. The quantitative estimate of drug-likeness (QED) is 0.505. The van der Waals surface area contributed by atoms with Crippen LogP contribution in [0.5, 0.6) is 0 Å². The second-order valence-corrected chi connectivity index (χ2v) is 7.86. The van der Waals surface area contributed by atoms with Crippen LogP contribution in [0.25, 0.3) is 28.2 Å². The number of hydrogen-bond acceptors (Lipinski definition) is 4. The molecule has 0 radical (unpaired) electrons. The van der Waals surface area contributed by atoms with Crippen molar-refractivity contribution in [3.05, 3.63) is 66.6 Å². The standard InChI is InChI=1S/C24H25N5/c1-17-14-26-24(27-20-10-6-3-7-11-20)28-23(17)21-15-25-22-13-12-19(16-29(21)22)18-8-4-2-5-9-18/h2,4-5,8-9,12-16,20H,3,6-7,10-11H2,1H3,(H,26,27,28). The number of aryl methyl sites for hydroxylation is 1. The van der Waals surface area contributed by atoms with Gasteiger partial charge < -0.3 is 5.32 Å². The molecule has 0 spiro atoms. The fourth-order valence-electron chi connectivity index (χ4n) is 4.16. The average molecular weight is 383 g/mol. The van der Waals surface area contributed by atoms with Gasteiger partial charge in [-0.2, -0.15) is 0 Å². The first-order valence-electron chi connectivity index (χ1n) is 10.4. The molecule has 0 aliphatic heterocycles. The Kier molecular flexibility index (Phi) is 4.72. The number of rotatable bonds is 4. The SMILES string of the molecule is Cc1cnc(NC2CCCCC2)nc1-c1cnc2ccc(-c3ccccc3)cn12. The third-order valence-electron chi connectivity index (χ3n) is 5.77. The van der Waals surface area contributed by atoms with Gasteiger partial charge in [-0.15, -0.1) is 0 Å². The van der Waals surface area contributed by atoms with E-state index in [2.05, 4.69) is 69.2 Å². The summed E-state index contributed by atoms with van der Waals surface area (Å²) in [5.41, 5.74) is 6.23. The molecular formula is C24H25N5. The summed E-state index contributed by atoms with van der Waals surface area (Å²) in [6.45, 7) is 2.06. The summed E-state index contributed by atoms with van der Waals surface area (Å²) in [5.74, 6) is 0.715. The normalized spacial score (nSPS) is 14.9. The van der Waals surface area contributed by atoms with E-state index in [0.29, 0.717) is 12.0 Å². The molecule has 1 aliphatic carbocycles. The van der Waals surface area contributed by atoms with Crippen molar-refractivity contribution in [1.82, 2.24) is 19.4 Å². The predicted octanol–water partition coefficient (Wildman–Crippen LogP) is 5.51. The van der Waals surface area contributed by atoms with Crippen LogP contribution in [0, 0.1) is 6.92 Å². The minimum Gasteiger partial charge on any atom is -0.351 e. The molecule has 1 fully saturated rings. The fraction of sp³-hybridized carbons (Fsp3) is 0.292.